The average Bonchev–Trinajstić information content (AvgIpc) is 2.33. The van der Waals surface area contributed by atoms with E-state index in [1.165, 1.54) is 31.2 Å². The normalized spacial score (nSPS) is 12.2. The molecule has 0 bridgehead atoms. The van der Waals surface area contributed by atoms with Gasteiger partial charge in [0.1, 0.15) is 0 Å². The third-order valence-electron chi connectivity index (χ3n) is 2.19. The molecule has 1 aliphatic carbocycles. The van der Waals surface area contributed by atoms with E-state index in [1.54, 1.807) is 0 Å². The standard InChI is InChI=1S/C8H8.C6H10.2H2S/c1-2-8-6-4-3-5-7-8;1-2-4-6-5-3-1;;/h2-7H,1H2;1-2H,3-6H2;2*1H2. The second-order valence-electron chi connectivity index (χ2n) is 3.37. The van der Waals surface area contributed by atoms with Gasteiger partial charge in [-0.3, -0.25) is 0 Å². The topological polar surface area (TPSA) is 0 Å². The van der Waals surface area contributed by atoms with Crippen LogP contribution in [0.3, 0.4) is 0 Å². The van der Waals surface area contributed by atoms with Crippen molar-refractivity contribution < 1.29 is 0 Å². The maximum Gasteiger partial charge on any atom is -0.0263 e. The van der Waals surface area contributed by atoms with Crippen LogP contribution in [0.2, 0.25) is 0 Å². The minimum absolute atomic E-state index is 0. The first-order valence-electron chi connectivity index (χ1n) is 5.26. The van der Waals surface area contributed by atoms with Crippen LogP contribution in [0.5, 0.6) is 0 Å². The van der Waals surface area contributed by atoms with Gasteiger partial charge in [0.25, 0.3) is 0 Å². The van der Waals surface area contributed by atoms with E-state index in [-0.39, 0.29) is 27.0 Å². The smallest absolute Gasteiger partial charge is 0.0263 e. The van der Waals surface area contributed by atoms with E-state index in [2.05, 4.69) is 18.7 Å². The fourth-order valence-corrected chi connectivity index (χ4v) is 1.35. The molecule has 0 fully saturated rings. The molecule has 0 spiro atoms. The molecular weight excluding hydrogens is 232 g/mol. The Morgan fingerprint density at radius 2 is 1.38 bits per heavy atom. The van der Waals surface area contributed by atoms with Gasteiger partial charge in [0, 0.05) is 0 Å². The van der Waals surface area contributed by atoms with Crippen molar-refractivity contribution in [1.82, 2.24) is 0 Å². The van der Waals surface area contributed by atoms with E-state index < -0.39 is 0 Å². The lowest BCUT2D eigenvalue weighted by molar-refractivity contribution is 0.730. The van der Waals surface area contributed by atoms with Crippen molar-refractivity contribution in [1.29, 1.82) is 0 Å². The maximum absolute atomic E-state index is 3.63. The fourth-order valence-electron chi connectivity index (χ4n) is 1.35. The molecular formula is C14H22S2. The van der Waals surface area contributed by atoms with Gasteiger partial charge in [-0.25, -0.2) is 0 Å². The van der Waals surface area contributed by atoms with Gasteiger partial charge in [-0.2, -0.15) is 27.0 Å². The first kappa shape index (κ1) is 17.8. The zero-order valence-corrected chi connectivity index (χ0v) is 11.7. The van der Waals surface area contributed by atoms with Crippen molar-refractivity contribution in [3.05, 3.63) is 54.6 Å². The van der Waals surface area contributed by atoms with Crippen molar-refractivity contribution in [3.8, 4) is 0 Å². The summed E-state index contributed by atoms with van der Waals surface area (Å²) in [7, 11) is 0. The molecule has 0 amide bonds. The average molecular weight is 254 g/mol. The van der Waals surface area contributed by atoms with Crippen LogP contribution in [-0.2, 0) is 0 Å². The van der Waals surface area contributed by atoms with Crippen LogP contribution < -0.4 is 0 Å². The minimum Gasteiger partial charge on any atom is -0.197 e. The number of rotatable bonds is 1. The van der Waals surface area contributed by atoms with Crippen LogP contribution in [0, 0.1) is 0 Å². The Morgan fingerprint density at radius 1 is 0.875 bits per heavy atom. The molecule has 16 heavy (non-hydrogen) atoms. The summed E-state index contributed by atoms with van der Waals surface area (Å²) < 4.78 is 0. The highest BCUT2D eigenvalue weighted by atomic mass is 32.1. The molecule has 0 atom stereocenters. The second kappa shape index (κ2) is 12.5. The van der Waals surface area contributed by atoms with Crippen LogP contribution in [-0.4, -0.2) is 0 Å². The molecule has 0 N–H and O–H groups in total. The lowest BCUT2D eigenvalue weighted by atomic mass is 10.1. The number of allylic oxidation sites excluding steroid dienone is 2. The predicted octanol–water partition coefficient (Wildman–Crippen LogP) is 4.67. The summed E-state index contributed by atoms with van der Waals surface area (Å²) in [5.74, 6) is 0. The van der Waals surface area contributed by atoms with Gasteiger partial charge in [-0.05, 0) is 31.2 Å². The maximum atomic E-state index is 3.63. The number of hydrogen-bond acceptors (Lipinski definition) is 0. The van der Waals surface area contributed by atoms with Crippen LogP contribution in [0.1, 0.15) is 31.2 Å². The molecule has 1 aromatic carbocycles. The summed E-state index contributed by atoms with van der Waals surface area (Å²) in [4.78, 5) is 0. The van der Waals surface area contributed by atoms with Gasteiger partial charge in [-0.15, -0.1) is 0 Å². The zero-order chi connectivity index (χ0) is 10.1. The summed E-state index contributed by atoms with van der Waals surface area (Å²) in [6.45, 7) is 3.63. The van der Waals surface area contributed by atoms with E-state index in [4.69, 9.17) is 0 Å². The summed E-state index contributed by atoms with van der Waals surface area (Å²) in [6.07, 6.45) is 11.8. The molecule has 1 aliphatic rings. The van der Waals surface area contributed by atoms with Gasteiger partial charge in [0.15, 0.2) is 0 Å². The van der Waals surface area contributed by atoms with Crippen LogP contribution >= 0.6 is 27.0 Å². The van der Waals surface area contributed by atoms with Gasteiger partial charge < -0.3 is 0 Å². The SMILES string of the molecule is C1=CCCCC1.C=Cc1ccccc1.S.S. The molecule has 0 saturated heterocycles. The highest BCUT2D eigenvalue weighted by Crippen LogP contribution is 2.07. The molecule has 0 radical (unpaired) electrons. The molecule has 0 heterocycles. The summed E-state index contributed by atoms with van der Waals surface area (Å²) in [5.41, 5.74) is 1.17. The zero-order valence-electron chi connectivity index (χ0n) is 9.65. The molecule has 90 valence electrons. The molecule has 0 unspecified atom stereocenters. The summed E-state index contributed by atoms with van der Waals surface area (Å²) >= 11 is 0. The van der Waals surface area contributed by atoms with Crippen LogP contribution in [0.4, 0.5) is 0 Å². The second-order valence-corrected chi connectivity index (χ2v) is 3.37. The highest BCUT2D eigenvalue weighted by molar-refractivity contribution is 7.59. The van der Waals surface area contributed by atoms with E-state index in [9.17, 15) is 0 Å². The van der Waals surface area contributed by atoms with Crippen molar-refractivity contribution >= 4 is 33.1 Å². The molecule has 2 rings (SSSR count). The minimum atomic E-state index is 0. The predicted molar refractivity (Wildman–Crippen MR) is 84.9 cm³/mol. The summed E-state index contributed by atoms with van der Waals surface area (Å²) in [5, 5.41) is 0. The van der Waals surface area contributed by atoms with Crippen LogP contribution in [0.15, 0.2) is 49.1 Å². The molecule has 0 nitrogen and oxygen atoms in total. The van der Waals surface area contributed by atoms with Crippen LogP contribution in [0.25, 0.3) is 6.08 Å². The lowest BCUT2D eigenvalue weighted by Crippen LogP contribution is -1.77. The molecule has 0 aromatic heterocycles. The Morgan fingerprint density at radius 3 is 1.62 bits per heavy atom. The quantitative estimate of drug-likeness (QED) is 0.639. The Labute approximate surface area is 113 Å². The Kier molecular flexibility index (Phi) is 13.9. The molecule has 1 aromatic rings. The third kappa shape index (κ3) is 8.69. The molecule has 0 saturated carbocycles. The van der Waals surface area contributed by atoms with Crippen molar-refractivity contribution in [2.24, 2.45) is 0 Å². The largest absolute Gasteiger partial charge is 0.197 e. The molecule has 0 aliphatic heterocycles. The Hall–Kier alpha value is -0.600. The number of hydrogen-bond donors (Lipinski definition) is 0. The van der Waals surface area contributed by atoms with Crippen molar-refractivity contribution in [2.45, 2.75) is 25.7 Å². The van der Waals surface area contributed by atoms with Gasteiger partial charge in [0.05, 0.1) is 0 Å². The van der Waals surface area contributed by atoms with E-state index in [1.807, 2.05) is 36.4 Å². The Balaban J connectivity index is 0. The van der Waals surface area contributed by atoms with Crippen molar-refractivity contribution in [3.63, 3.8) is 0 Å². The monoisotopic (exact) mass is 254 g/mol. The highest BCUT2D eigenvalue weighted by Gasteiger charge is 1.87. The number of benzene rings is 1. The van der Waals surface area contributed by atoms with Gasteiger partial charge in [-0.1, -0.05) is 55.1 Å². The fraction of sp³-hybridized carbons (Fsp3) is 0.286. The van der Waals surface area contributed by atoms with Crippen molar-refractivity contribution in [2.75, 3.05) is 0 Å². The summed E-state index contributed by atoms with van der Waals surface area (Å²) in [6, 6.07) is 10.0. The third-order valence-corrected chi connectivity index (χ3v) is 2.19. The Bertz CT molecular complexity index is 270. The van der Waals surface area contributed by atoms with E-state index >= 15 is 0 Å². The lowest BCUT2D eigenvalue weighted by Gasteiger charge is -1.97. The molecule has 2 heteroatoms. The van der Waals surface area contributed by atoms with E-state index in [0.29, 0.717) is 0 Å². The van der Waals surface area contributed by atoms with Gasteiger partial charge in [0.2, 0.25) is 0 Å². The first-order chi connectivity index (χ1) is 6.93. The first-order valence-corrected chi connectivity index (χ1v) is 5.26. The van der Waals surface area contributed by atoms with Gasteiger partial charge >= 0.3 is 0 Å². The van der Waals surface area contributed by atoms with E-state index in [0.717, 1.165) is 0 Å².